The highest BCUT2D eigenvalue weighted by Crippen LogP contribution is 2.23. The van der Waals surface area contributed by atoms with Gasteiger partial charge in [0.15, 0.2) is 5.78 Å². The maximum Gasteiger partial charge on any atom is 0.387 e. The molecule has 0 spiro atoms. The van der Waals surface area contributed by atoms with Crippen LogP contribution in [0.5, 0.6) is 5.75 Å². The standard InChI is InChI=1S/C14H14F2N2O2/c1-2-7-18-9-10(8-17-18)13(19)11-5-3-4-6-12(11)20-14(15)16/h3-6,8-9,14H,2,7H2,1H3. The molecule has 2 rings (SSSR count). The fourth-order valence-corrected chi connectivity index (χ4v) is 1.84. The molecule has 0 atom stereocenters. The van der Waals surface area contributed by atoms with Crippen molar-refractivity contribution in [3.63, 3.8) is 0 Å². The van der Waals surface area contributed by atoms with Gasteiger partial charge in [-0.15, -0.1) is 0 Å². The molecule has 0 N–H and O–H groups in total. The van der Waals surface area contributed by atoms with E-state index in [0.717, 1.165) is 6.42 Å². The number of aromatic nitrogens is 2. The van der Waals surface area contributed by atoms with E-state index in [0.29, 0.717) is 12.1 Å². The van der Waals surface area contributed by atoms with E-state index in [4.69, 9.17) is 0 Å². The Bertz CT molecular complexity index is 596. The highest BCUT2D eigenvalue weighted by Gasteiger charge is 2.18. The van der Waals surface area contributed by atoms with E-state index in [9.17, 15) is 13.6 Å². The Kier molecular flexibility index (Phi) is 4.45. The van der Waals surface area contributed by atoms with Crippen LogP contribution in [0.25, 0.3) is 0 Å². The number of hydrogen-bond acceptors (Lipinski definition) is 3. The summed E-state index contributed by atoms with van der Waals surface area (Å²) in [5, 5.41) is 4.05. The highest BCUT2D eigenvalue weighted by atomic mass is 19.3. The molecule has 20 heavy (non-hydrogen) atoms. The third kappa shape index (κ3) is 3.20. The molecule has 106 valence electrons. The van der Waals surface area contributed by atoms with E-state index < -0.39 is 6.61 Å². The Morgan fingerprint density at radius 1 is 1.40 bits per heavy atom. The van der Waals surface area contributed by atoms with Gasteiger partial charge < -0.3 is 4.74 Å². The molecule has 1 aromatic heterocycles. The number of aryl methyl sites for hydroxylation is 1. The zero-order valence-corrected chi connectivity index (χ0v) is 10.9. The van der Waals surface area contributed by atoms with Gasteiger partial charge in [0.25, 0.3) is 0 Å². The normalized spacial score (nSPS) is 10.8. The van der Waals surface area contributed by atoms with Crippen molar-refractivity contribution in [1.82, 2.24) is 9.78 Å². The zero-order valence-electron chi connectivity index (χ0n) is 10.9. The third-order valence-corrected chi connectivity index (χ3v) is 2.70. The van der Waals surface area contributed by atoms with Crippen LogP contribution in [0.4, 0.5) is 8.78 Å². The smallest absolute Gasteiger partial charge is 0.387 e. The van der Waals surface area contributed by atoms with Gasteiger partial charge in [-0.25, -0.2) is 0 Å². The summed E-state index contributed by atoms with van der Waals surface area (Å²) in [6.07, 6.45) is 3.92. The molecular weight excluding hydrogens is 266 g/mol. The molecule has 1 heterocycles. The number of ether oxygens (including phenoxy) is 1. The van der Waals surface area contributed by atoms with Crippen molar-refractivity contribution >= 4 is 5.78 Å². The van der Waals surface area contributed by atoms with Crippen molar-refractivity contribution < 1.29 is 18.3 Å². The van der Waals surface area contributed by atoms with Gasteiger partial charge in [0, 0.05) is 12.7 Å². The highest BCUT2D eigenvalue weighted by molar-refractivity contribution is 6.10. The topological polar surface area (TPSA) is 44.1 Å². The van der Waals surface area contributed by atoms with Crippen LogP contribution in [0.2, 0.25) is 0 Å². The largest absolute Gasteiger partial charge is 0.434 e. The molecule has 2 aromatic rings. The fraction of sp³-hybridized carbons (Fsp3) is 0.286. The Labute approximate surface area is 115 Å². The molecule has 0 unspecified atom stereocenters. The van der Waals surface area contributed by atoms with E-state index in [-0.39, 0.29) is 17.1 Å². The monoisotopic (exact) mass is 280 g/mol. The molecule has 0 aliphatic rings. The van der Waals surface area contributed by atoms with E-state index in [1.807, 2.05) is 6.92 Å². The Hall–Kier alpha value is -2.24. The minimum atomic E-state index is -2.97. The first-order valence-corrected chi connectivity index (χ1v) is 6.22. The minimum Gasteiger partial charge on any atom is -0.434 e. The predicted molar refractivity (Wildman–Crippen MR) is 69.0 cm³/mol. The number of ketones is 1. The van der Waals surface area contributed by atoms with Gasteiger partial charge in [-0.3, -0.25) is 9.48 Å². The molecule has 0 saturated carbocycles. The SMILES string of the molecule is CCCn1cc(C(=O)c2ccccc2OC(F)F)cn1. The third-order valence-electron chi connectivity index (χ3n) is 2.70. The molecule has 6 heteroatoms. The van der Waals surface area contributed by atoms with Crippen LogP contribution >= 0.6 is 0 Å². The number of benzene rings is 1. The van der Waals surface area contributed by atoms with Crippen LogP contribution in [0.3, 0.4) is 0 Å². The molecule has 0 fully saturated rings. The lowest BCUT2D eigenvalue weighted by atomic mass is 10.1. The molecule has 0 aliphatic heterocycles. The number of nitrogens with zero attached hydrogens (tertiary/aromatic N) is 2. The summed E-state index contributed by atoms with van der Waals surface area (Å²) in [6, 6.07) is 5.93. The Balaban J connectivity index is 2.27. The molecular formula is C14H14F2N2O2. The first-order chi connectivity index (χ1) is 9.61. The second kappa shape index (κ2) is 6.27. The molecule has 1 aromatic carbocycles. The first kappa shape index (κ1) is 14.2. The van der Waals surface area contributed by atoms with Crippen LogP contribution < -0.4 is 4.74 Å². The lowest BCUT2D eigenvalue weighted by Gasteiger charge is -2.08. The maximum absolute atomic E-state index is 12.3. The van der Waals surface area contributed by atoms with E-state index >= 15 is 0 Å². The van der Waals surface area contributed by atoms with Gasteiger partial charge in [-0.1, -0.05) is 19.1 Å². The summed E-state index contributed by atoms with van der Waals surface area (Å²) in [7, 11) is 0. The number of para-hydroxylation sites is 1. The average molecular weight is 280 g/mol. The van der Waals surface area contributed by atoms with Crippen LogP contribution in [-0.4, -0.2) is 22.2 Å². The summed E-state index contributed by atoms with van der Waals surface area (Å²) in [6.45, 7) is -0.274. The predicted octanol–water partition coefficient (Wildman–Crippen LogP) is 3.13. The second-order valence-corrected chi connectivity index (χ2v) is 4.20. The van der Waals surface area contributed by atoms with Gasteiger partial charge in [-0.05, 0) is 18.6 Å². The average Bonchev–Trinajstić information content (AvgIpc) is 2.87. The van der Waals surface area contributed by atoms with Crippen molar-refractivity contribution in [1.29, 1.82) is 0 Å². The summed E-state index contributed by atoms with van der Waals surface area (Å²) in [5.74, 6) is -0.514. The van der Waals surface area contributed by atoms with Crippen LogP contribution in [0.1, 0.15) is 29.3 Å². The number of carbonyl (C=O) groups excluding carboxylic acids is 1. The zero-order chi connectivity index (χ0) is 14.5. The summed E-state index contributed by atoms with van der Waals surface area (Å²) >= 11 is 0. The van der Waals surface area contributed by atoms with Crippen molar-refractivity contribution in [2.75, 3.05) is 0 Å². The summed E-state index contributed by atoms with van der Waals surface area (Å²) in [4.78, 5) is 12.3. The lowest BCUT2D eigenvalue weighted by molar-refractivity contribution is -0.0501. The Morgan fingerprint density at radius 2 is 2.15 bits per heavy atom. The van der Waals surface area contributed by atoms with Gasteiger partial charge in [0.05, 0.1) is 17.3 Å². The molecule has 0 saturated heterocycles. The van der Waals surface area contributed by atoms with Crippen molar-refractivity contribution in [3.05, 3.63) is 47.8 Å². The van der Waals surface area contributed by atoms with Crippen molar-refractivity contribution in [3.8, 4) is 5.75 Å². The quantitative estimate of drug-likeness (QED) is 0.764. The van der Waals surface area contributed by atoms with E-state index in [2.05, 4.69) is 9.84 Å². The lowest BCUT2D eigenvalue weighted by Crippen LogP contribution is -2.08. The maximum atomic E-state index is 12.3. The van der Waals surface area contributed by atoms with Gasteiger partial charge in [0.1, 0.15) is 5.75 Å². The molecule has 0 bridgehead atoms. The molecule has 0 aliphatic carbocycles. The van der Waals surface area contributed by atoms with Crippen molar-refractivity contribution in [2.24, 2.45) is 0 Å². The first-order valence-electron chi connectivity index (χ1n) is 6.22. The number of halogens is 2. The van der Waals surface area contributed by atoms with Gasteiger partial charge >= 0.3 is 6.61 Å². The molecule has 0 radical (unpaired) electrons. The molecule has 0 amide bonds. The van der Waals surface area contributed by atoms with Crippen LogP contribution in [0, 0.1) is 0 Å². The van der Waals surface area contributed by atoms with Crippen LogP contribution in [0.15, 0.2) is 36.7 Å². The Morgan fingerprint density at radius 3 is 2.85 bits per heavy atom. The summed E-state index contributed by atoms with van der Waals surface area (Å²) in [5.41, 5.74) is 0.451. The summed E-state index contributed by atoms with van der Waals surface area (Å²) < 4.78 is 30.6. The number of alkyl halides is 2. The van der Waals surface area contributed by atoms with Gasteiger partial charge in [-0.2, -0.15) is 13.9 Å². The number of rotatable bonds is 6. The van der Waals surface area contributed by atoms with E-state index in [1.54, 1.807) is 16.9 Å². The van der Waals surface area contributed by atoms with Gasteiger partial charge in [0.2, 0.25) is 0 Å². The minimum absolute atomic E-state index is 0.101. The number of hydrogen-bond donors (Lipinski definition) is 0. The van der Waals surface area contributed by atoms with Crippen molar-refractivity contribution in [2.45, 2.75) is 26.5 Å². The molecule has 4 nitrogen and oxygen atoms in total. The number of carbonyl (C=O) groups is 1. The second-order valence-electron chi connectivity index (χ2n) is 4.20. The fourth-order valence-electron chi connectivity index (χ4n) is 1.84. The van der Waals surface area contributed by atoms with E-state index in [1.165, 1.54) is 24.4 Å². The van der Waals surface area contributed by atoms with Crippen LogP contribution in [-0.2, 0) is 6.54 Å².